The van der Waals surface area contributed by atoms with E-state index in [-0.39, 0.29) is 29.8 Å². The molecule has 6 heteroatoms. The van der Waals surface area contributed by atoms with Gasteiger partial charge < -0.3 is 10.6 Å². The van der Waals surface area contributed by atoms with Crippen molar-refractivity contribution in [3.8, 4) is 5.69 Å². The number of hydrogen-bond donors (Lipinski definition) is 1. The van der Waals surface area contributed by atoms with E-state index >= 15 is 0 Å². The van der Waals surface area contributed by atoms with Gasteiger partial charge in [0.1, 0.15) is 0 Å². The van der Waals surface area contributed by atoms with Crippen LogP contribution in [0.4, 0.5) is 0 Å². The van der Waals surface area contributed by atoms with Crippen molar-refractivity contribution in [2.45, 2.75) is 26.3 Å². The zero-order valence-electron chi connectivity index (χ0n) is 13.5. The summed E-state index contributed by atoms with van der Waals surface area (Å²) in [6.45, 7) is 5.59. The number of aromatic nitrogens is 2. The zero-order valence-corrected chi connectivity index (χ0v) is 14.3. The lowest BCUT2D eigenvalue weighted by Gasteiger charge is -2.42. The summed E-state index contributed by atoms with van der Waals surface area (Å²) in [6.07, 6.45) is 2.65. The number of carbonyl (C=O) groups is 1. The fourth-order valence-electron chi connectivity index (χ4n) is 2.87. The minimum atomic E-state index is -0.0596. The summed E-state index contributed by atoms with van der Waals surface area (Å²) in [5, 5.41) is 4.42. The van der Waals surface area contributed by atoms with E-state index in [1.54, 1.807) is 10.7 Å². The smallest absolute Gasteiger partial charge is 0.274 e. The van der Waals surface area contributed by atoms with Crippen LogP contribution in [0.2, 0.25) is 0 Å². The summed E-state index contributed by atoms with van der Waals surface area (Å²) in [6, 6.07) is 11.7. The maximum atomic E-state index is 12.6. The van der Waals surface area contributed by atoms with Crippen LogP contribution in [0.3, 0.4) is 0 Å². The Kier molecular flexibility index (Phi) is 5.12. The van der Waals surface area contributed by atoms with Crippen LogP contribution in [0.15, 0.2) is 42.6 Å². The number of nitrogens with zero attached hydrogens (tertiary/aromatic N) is 3. The summed E-state index contributed by atoms with van der Waals surface area (Å²) >= 11 is 0. The van der Waals surface area contributed by atoms with Crippen LogP contribution < -0.4 is 5.73 Å². The predicted molar refractivity (Wildman–Crippen MR) is 93.1 cm³/mol. The van der Waals surface area contributed by atoms with Crippen molar-refractivity contribution in [2.75, 3.05) is 13.1 Å². The van der Waals surface area contributed by atoms with Crippen molar-refractivity contribution in [3.63, 3.8) is 0 Å². The van der Waals surface area contributed by atoms with Crippen molar-refractivity contribution in [1.29, 1.82) is 0 Å². The van der Waals surface area contributed by atoms with Crippen molar-refractivity contribution >= 4 is 18.3 Å². The molecule has 1 aliphatic heterocycles. The lowest BCUT2D eigenvalue weighted by molar-refractivity contribution is 0.0527. The van der Waals surface area contributed by atoms with E-state index in [2.05, 4.69) is 18.9 Å². The Labute approximate surface area is 142 Å². The molecule has 1 saturated heterocycles. The number of nitrogens with two attached hydrogens (primary N) is 1. The van der Waals surface area contributed by atoms with Crippen molar-refractivity contribution in [3.05, 3.63) is 48.3 Å². The Bertz CT molecular complexity index is 668. The van der Waals surface area contributed by atoms with Gasteiger partial charge in [0.2, 0.25) is 0 Å². The highest BCUT2D eigenvalue weighted by Gasteiger charge is 2.36. The molecule has 1 aliphatic rings. The summed E-state index contributed by atoms with van der Waals surface area (Å²) in [7, 11) is 0. The second kappa shape index (κ2) is 6.72. The number of carbonyl (C=O) groups excluding carboxylic acids is 1. The van der Waals surface area contributed by atoms with Crippen molar-refractivity contribution in [1.82, 2.24) is 14.7 Å². The van der Waals surface area contributed by atoms with Gasteiger partial charge in [0.15, 0.2) is 5.69 Å². The number of likely N-dealkylation sites (tertiary alicyclic amines) is 1. The monoisotopic (exact) mass is 334 g/mol. The van der Waals surface area contributed by atoms with E-state index in [4.69, 9.17) is 5.73 Å². The molecule has 1 unspecified atom stereocenters. The highest BCUT2D eigenvalue weighted by molar-refractivity contribution is 5.92. The van der Waals surface area contributed by atoms with E-state index < -0.39 is 0 Å². The van der Waals surface area contributed by atoms with E-state index in [0.29, 0.717) is 18.8 Å². The molecule has 0 saturated carbocycles. The Hall–Kier alpha value is -1.85. The largest absolute Gasteiger partial charge is 0.337 e. The Morgan fingerprint density at radius 2 is 1.96 bits per heavy atom. The molecule has 1 aromatic carbocycles. The fraction of sp³-hybridized carbons (Fsp3) is 0.412. The van der Waals surface area contributed by atoms with E-state index in [9.17, 15) is 4.79 Å². The number of para-hydroxylation sites is 1. The van der Waals surface area contributed by atoms with E-state index in [1.165, 1.54) is 0 Å². The standard InChI is InChI=1S/C17H22N4O.ClH/c1-17(2)12-20(10-9-15(17)18)16(22)14-8-11-21(19-14)13-6-4-3-5-7-13;/h3-8,11,15H,9-10,12,18H2,1-2H3;1H. The molecule has 1 fully saturated rings. The fourth-order valence-corrected chi connectivity index (χ4v) is 2.87. The Morgan fingerprint density at radius 3 is 2.61 bits per heavy atom. The lowest BCUT2D eigenvalue weighted by Crippen LogP contribution is -2.54. The molecule has 0 bridgehead atoms. The summed E-state index contributed by atoms with van der Waals surface area (Å²) < 4.78 is 1.73. The third kappa shape index (κ3) is 3.57. The molecule has 5 nitrogen and oxygen atoms in total. The molecular formula is C17H23ClN4O. The molecule has 1 amide bonds. The minimum Gasteiger partial charge on any atom is -0.337 e. The van der Waals surface area contributed by atoms with Gasteiger partial charge in [-0.3, -0.25) is 4.79 Å². The molecule has 0 aliphatic carbocycles. The quantitative estimate of drug-likeness (QED) is 0.917. The Morgan fingerprint density at radius 1 is 1.26 bits per heavy atom. The molecule has 1 atom stereocenters. The van der Waals surface area contributed by atoms with Gasteiger partial charge in [0.25, 0.3) is 5.91 Å². The van der Waals surface area contributed by atoms with Crippen LogP contribution in [0, 0.1) is 5.41 Å². The van der Waals surface area contributed by atoms with Crippen molar-refractivity contribution < 1.29 is 4.79 Å². The predicted octanol–water partition coefficient (Wildman–Crippen LogP) is 2.49. The third-order valence-electron chi connectivity index (χ3n) is 4.43. The van der Waals surface area contributed by atoms with Gasteiger partial charge in [0, 0.05) is 25.3 Å². The summed E-state index contributed by atoms with van der Waals surface area (Å²) in [5.41, 5.74) is 7.50. The van der Waals surface area contributed by atoms with E-state index in [0.717, 1.165) is 12.1 Å². The second-order valence-electron chi connectivity index (χ2n) is 6.59. The first-order valence-corrected chi connectivity index (χ1v) is 7.63. The third-order valence-corrected chi connectivity index (χ3v) is 4.43. The number of hydrogen-bond acceptors (Lipinski definition) is 3. The van der Waals surface area contributed by atoms with Crippen molar-refractivity contribution in [2.24, 2.45) is 11.1 Å². The summed E-state index contributed by atoms with van der Waals surface area (Å²) in [4.78, 5) is 14.5. The molecule has 2 N–H and O–H groups in total. The average Bonchev–Trinajstić information content (AvgIpc) is 3.00. The van der Waals surface area contributed by atoms with Crippen LogP contribution in [0.5, 0.6) is 0 Å². The number of rotatable bonds is 2. The average molecular weight is 335 g/mol. The second-order valence-corrected chi connectivity index (χ2v) is 6.59. The molecule has 2 heterocycles. The number of piperidine rings is 1. The normalized spacial score (nSPS) is 20.0. The van der Waals surface area contributed by atoms with Gasteiger partial charge in [-0.05, 0) is 30.0 Å². The number of benzene rings is 1. The van der Waals surface area contributed by atoms with Gasteiger partial charge in [-0.15, -0.1) is 12.4 Å². The minimum absolute atomic E-state index is 0. The Balaban J connectivity index is 0.00000192. The number of amides is 1. The van der Waals surface area contributed by atoms with Crippen LogP contribution in [0.25, 0.3) is 5.69 Å². The maximum Gasteiger partial charge on any atom is 0.274 e. The van der Waals surface area contributed by atoms with Gasteiger partial charge in [0.05, 0.1) is 5.69 Å². The molecule has 2 aromatic rings. The molecule has 124 valence electrons. The summed E-state index contributed by atoms with van der Waals surface area (Å²) in [5.74, 6) is -0.0188. The highest BCUT2D eigenvalue weighted by atomic mass is 35.5. The van der Waals surface area contributed by atoms with Gasteiger partial charge in [-0.25, -0.2) is 4.68 Å². The van der Waals surface area contributed by atoms with Crippen LogP contribution >= 0.6 is 12.4 Å². The molecule has 0 spiro atoms. The lowest BCUT2D eigenvalue weighted by atomic mass is 9.79. The molecular weight excluding hydrogens is 312 g/mol. The van der Waals surface area contributed by atoms with Crippen LogP contribution in [0.1, 0.15) is 30.8 Å². The van der Waals surface area contributed by atoms with Crippen LogP contribution in [-0.2, 0) is 0 Å². The first-order valence-electron chi connectivity index (χ1n) is 7.63. The zero-order chi connectivity index (χ0) is 15.7. The SMILES string of the molecule is CC1(C)CN(C(=O)c2ccn(-c3ccccc3)n2)CCC1N.Cl. The molecule has 23 heavy (non-hydrogen) atoms. The number of halogens is 1. The highest BCUT2D eigenvalue weighted by Crippen LogP contribution is 2.28. The molecule has 1 aromatic heterocycles. The van der Waals surface area contributed by atoms with Gasteiger partial charge in [-0.1, -0.05) is 32.0 Å². The van der Waals surface area contributed by atoms with Gasteiger partial charge >= 0.3 is 0 Å². The first kappa shape index (κ1) is 17.5. The maximum absolute atomic E-state index is 12.6. The van der Waals surface area contributed by atoms with Gasteiger partial charge in [-0.2, -0.15) is 5.10 Å². The van der Waals surface area contributed by atoms with Crippen LogP contribution in [-0.4, -0.2) is 39.7 Å². The molecule has 3 rings (SSSR count). The first-order chi connectivity index (χ1) is 10.5. The molecule has 0 radical (unpaired) electrons. The van der Waals surface area contributed by atoms with E-state index in [1.807, 2.05) is 41.4 Å². The topological polar surface area (TPSA) is 64.2 Å².